The summed E-state index contributed by atoms with van der Waals surface area (Å²) in [5.41, 5.74) is -7.82. The van der Waals surface area contributed by atoms with Crippen molar-refractivity contribution in [2.75, 3.05) is 0 Å². The molecule has 1 aliphatic rings. The van der Waals surface area contributed by atoms with Crippen LogP contribution < -0.4 is 0 Å². The molecule has 0 N–H and O–H groups in total. The van der Waals surface area contributed by atoms with Gasteiger partial charge in [0.1, 0.15) is 11.4 Å². The molecular weight excluding hydrogens is 298 g/mol. The van der Waals surface area contributed by atoms with Gasteiger partial charge in [-0.05, 0) is 12.5 Å². The van der Waals surface area contributed by atoms with Crippen molar-refractivity contribution in [3.05, 3.63) is 23.6 Å². The van der Waals surface area contributed by atoms with E-state index in [2.05, 4.69) is 0 Å². The Balaban J connectivity index is 3.38. The van der Waals surface area contributed by atoms with Gasteiger partial charge in [-0.3, -0.25) is 0 Å². The molecule has 0 aromatic heterocycles. The highest BCUT2D eigenvalue weighted by atomic mass is 19.4. The molecule has 9 heteroatoms. The largest absolute Gasteiger partial charge is 0.430 e. The summed E-state index contributed by atoms with van der Waals surface area (Å²) < 4.78 is 102. The summed E-state index contributed by atoms with van der Waals surface area (Å²) in [5, 5.41) is 8.25. The Morgan fingerprint density at radius 2 is 1.75 bits per heavy atom. The maximum absolute atomic E-state index is 13.7. The van der Waals surface area contributed by atoms with Crippen molar-refractivity contribution in [2.24, 2.45) is 5.92 Å². The lowest BCUT2D eigenvalue weighted by atomic mass is 9.82. The maximum atomic E-state index is 13.7. The molecule has 1 aliphatic carbocycles. The molecule has 112 valence electrons. The van der Waals surface area contributed by atoms with Crippen LogP contribution in [0.5, 0.6) is 0 Å². The zero-order chi connectivity index (χ0) is 15.8. The lowest BCUT2D eigenvalue weighted by molar-refractivity contribution is -0.220. The van der Waals surface area contributed by atoms with Crippen molar-refractivity contribution in [2.45, 2.75) is 30.9 Å². The predicted octanol–water partition coefficient (Wildman–Crippen LogP) is 4.53. The first-order valence-electron chi connectivity index (χ1n) is 5.24. The molecule has 1 nitrogen and oxygen atoms in total. The van der Waals surface area contributed by atoms with Gasteiger partial charge in [0.15, 0.2) is 0 Å². The van der Waals surface area contributed by atoms with E-state index in [9.17, 15) is 35.1 Å². The molecule has 0 saturated carbocycles. The van der Waals surface area contributed by atoms with Gasteiger partial charge in [0.05, 0.1) is 6.07 Å². The fraction of sp³-hybridized carbons (Fsp3) is 0.545. The van der Waals surface area contributed by atoms with Crippen LogP contribution in [0.25, 0.3) is 0 Å². The maximum Gasteiger partial charge on any atom is 0.430 e. The summed E-state index contributed by atoms with van der Waals surface area (Å²) in [5.74, 6) is -3.94. The van der Waals surface area contributed by atoms with Crippen molar-refractivity contribution < 1.29 is 35.1 Å². The van der Waals surface area contributed by atoms with E-state index in [0.29, 0.717) is 6.08 Å². The fourth-order valence-electron chi connectivity index (χ4n) is 1.80. The van der Waals surface area contributed by atoms with Gasteiger partial charge >= 0.3 is 12.4 Å². The Kier molecular flexibility index (Phi) is 4.17. The van der Waals surface area contributed by atoms with E-state index in [0.717, 1.165) is 0 Å². The van der Waals surface area contributed by atoms with Crippen molar-refractivity contribution >= 4 is 0 Å². The number of hydrogen-bond acceptors (Lipinski definition) is 1. The first-order chi connectivity index (χ1) is 8.95. The van der Waals surface area contributed by atoms with Crippen LogP contribution >= 0.6 is 0 Å². The summed E-state index contributed by atoms with van der Waals surface area (Å²) in [6, 6.07) is 1.52. The first-order valence-corrected chi connectivity index (χ1v) is 5.24. The third-order valence-electron chi connectivity index (χ3n) is 2.75. The molecule has 0 spiro atoms. The van der Waals surface area contributed by atoms with E-state index in [4.69, 9.17) is 5.26 Å². The standard InChI is InChI=1S/C11H7F8N/c12-7-6(2-1-5-20)3-4-9(13,11(17,18)19)8(7)10(14,15)16/h3-4,6H,1-2H2. The van der Waals surface area contributed by atoms with E-state index in [1.54, 1.807) is 0 Å². The van der Waals surface area contributed by atoms with Crippen LogP contribution in [0.3, 0.4) is 0 Å². The monoisotopic (exact) mass is 305 g/mol. The Hall–Kier alpha value is -1.59. The van der Waals surface area contributed by atoms with Gasteiger partial charge in [0, 0.05) is 12.3 Å². The van der Waals surface area contributed by atoms with Crippen LogP contribution in [0.4, 0.5) is 35.1 Å². The van der Waals surface area contributed by atoms with Crippen molar-refractivity contribution in [1.82, 2.24) is 0 Å². The molecule has 2 unspecified atom stereocenters. The van der Waals surface area contributed by atoms with E-state index in [1.807, 2.05) is 0 Å². The second kappa shape index (κ2) is 5.07. The van der Waals surface area contributed by atoms with E-state index in [1.165, 1.54) is 6.07 Å². The highest BCUT2D eigenvalue weighted by molar-refractivity contribution is 5.40. The average molecular weight is 305 g/mol. The third kappa shape index (κ3) is 2.78. The molecular formula is C11H7F8N. The highest BCUT2D eigenvalue weighted by Crippen LogP contribution is 2.52. The number of nitrogens with zero attached hydrogens (tertiary/aromatic N) is 1. The molecule has 1 rings (SSSR count). The van der Waals surface area contributed by atoms with Crippen LogP contribution in [-0.2, 0) is 0 Å². The highest BCUT2D eigenvalue weighted by Gasteiger charge is 2.66. The number of nitriles is 1. The smallest absolute Gasteiger partial charge is 0.224 e. The number of rotatable bonds is 2. The van der Waals surface area contributed by atoms with Gasteiger partial charge < -0.3 is 0 Å². The molecule has 0 bridgehead atoms. The van der Waals surface area contributed by atoms with E-state index < -0.39 is 41.8 Å². The Labute approximate surface area is 108 Å². The van der Waals surface area contributed by atoms with Gasteiger partial charge in [-0.2, -0.15) is 31.6 Å². The third-order valence-corrected chi connectivity index (χ3v) is 2.75. The molecule has 0 fully saturated rings. The lowest BCUT2D eigenvalue weighted by Gasteiger charge is -2.33. The van der Waals surface area contributed by atoms with E-state index in [-0.39, 0.29) is 12.5 Å². The summed E-state index contributed by atoms with van der Waals surface area (Å²) in [7, 11) is 0. The zero-order valence-electron chi connectivity index (χ0n) is 9.62. The van der Waals surface area contributed by atoms with Gasteiger partial charge in [0.25, 0.3) is 5.67 Å². The van der Waals surface area contributed by atoms with Gasteiger partial charge in [-0.15, -0.1) is 0 Å². The van der Waals surface area contributed by atoms with Crippen LogP contribution in [0, 0.1) is 17.2 Å². The lowest BCUT2D eigenvalue weighted by Crippen LogP contribution is -2.47. The summed E-state index contributed by atoms with van der Waals surface area (Å²) in [4.78, 5) is 0. The molecule has 0 amide bonds. The minimum absolute atomic E-state index is 0.346. The van der Waals surface area contributed by atoms with Crippen molar-refractivity contribution in [3.8, 4) is 6.07 Å². The molecule has 2 atom stereocenters. The number of hydrogen-bond donors (Lipinski definition) is 0. The molecule has 0 saturated heterocycles. The zero-order valence-corrected chi connectivity index (χ0v) is 9.62. The Morgan fingerprint density at radius 3 is 2.15 bits per heavy atom. The summed E-state index contributed by atoms with van der Waals surface area (Å²) >= 11 is 0. The minimum atomic E-state index is -5.94. The van der Waals surface area contributed by atoms with Gasteiger partial charge in [0.2, 0.25) is 0 Å². The van der Waals surface area contributed by atoms with E-state index >= 15 is 0 Å². The van der Waals surface area contributed by atoms with Crippen LogP contribution in [0.2, 0.25) is 0 Å². The summed E-state index contributed by atoms with van der Waals surface area (Å²) in [6.45, 7) is 0. The van der Waals surface area contributed by atoms with Gasteiger partial charge in [-0.1, -0.05) is 6.08 Å². The molecule has 0 aromatic rings. The second-order valence-corrected chi connectivity index (χ2v) is 4.09. The number of alkyl halides is 7. The topological polar surface area (TPSA) is 23.8 Å². The first kappa shape index (κ1) is 16.5. The molecule has 0 aromatic carbocycles. The number of halogens is 8. The van der Waals surface area contributed by atoms with Crippen molar-refractivity contribution in [1.29, 1.82) is 5.26 Å². The fourth-order valence-corrected chi connectivity index (χ4v) is 1.80. The molecule has 20 heavy (non-hydrogen) atoms. The molecule has 0 aliphatic heterocycles. The normalized spacial score (nSPS) is 27.6. The van der Waals surface area contributed by atoms with Crippen LogP contribution in [0.15, 0.2) is 23.6 Å². The van der Waals surface area contributed by atoms with Crippen molar-refractivity contribution in [3.63, 3.8) is 0 Å². The second-order valence-electron chi connectivity index (χ2n) is 4.09. The Morgan fingerprint density at radius 1 is 1.20 bits per heavy atom. The predicted molar refractivity (Wildman–Crippen MR) is 51.6 cm³/mol. The average Bonchev–Trinajstić information content (AvgIpc) is 2.24. The molecule has 0 heterocycles. The van der Waals surface area contributed by atoms with Crippen LogP contribution in [-0.4, -0.2) is 18.0 Å². The quantitative estimate of drug-likeness (QED) is 0.543. The SMILES string of the molecule is N#CCCC1C=CC(F)(C(F)(F)F)C(C(F)(F)F)=C1F. The van der Waals surface area contributed by atoms with Crippen LogP contribution in [0.1, 0.15) is 12.8 Å². The molecule has 0 radical (unpaired) electrons. The minimum Gasteiger partial charge on any atom is -0.224 e. The summed E-state index contributed by atoms with van der Waals surface area (Å²) in [6.07, 6.45) is -12.6. The Bertz CT molecular complexity index is 478. The van der Waals surface area contributed by atoms with Gasteiger partial charge in [-0.25, -0.2) is 8.78 Å². The number of allylic oxidation sites excluding steroid dienone is 4.